The third-order valence-electron chi connectivity index (χ3n) is 3.68. The first-order chi connectivity index (χ1) is 12.3. The van der Waals surface area contributed by atoms with E-state index in [4.69, 9.17) is 4.74 Å². The molecule has 0 aliphatic heterocycles. The smallest absolute Gasteiger partial charge is 0.407 e. The van der Waals surface area contributed by atoms with Crippen molar-refractivity contribution in [2.45, 2.75) is 19.1 Å². The van der Waals surface area contributed by atoms with Crippen LogP contribution in [-0.2, 0) is 4.74 Å². The second kappa shape index (κ2) is 8.17. The predicted octanol–water partition coefficient (Wildman–Crippen LogP) is 2.53. The van der Waals surface area contributed by atoms with Gasteiger partial charge in [0.2, 0.25) is 0 Å². The molecule has 0 heterocycles. The lowest BCUT2D eigenvalue weighted by Gasteiger charge is -2.16. The van der Waals surface area contributed by atoms with E-state index >= 15 is 0 Å². The van der Waals surface area contributed by atoms with E-state index in [-0.39, 0.29) is 29.1 Å². The van der Waals surface area contributed by atoms with Gasteiger partial charge in [-0.25, -0.2) is 4.79 Å². The summed E-state index contributed by atoms with van der Waals surface area (Å²) in [7, 11) is 0. The molecule has 0 radical (unpaired) electrons. The van der Waals surface area contributed by atoms with Crippen LogP contribution in [0.5, 0.6) is 11.5 Å². The Morgan fingerprint density at radius 1 is 1.23 bits per heavy atom. The van der Waals surface area contributed by atoms with Gasteiger partial charge in [0, 0.05) is 6.07 Å². The molecular formula is C17H18N2O7. The maximum absolute atomic E-state index is 11.9. The summed E-state index contributed by atoms with van der Waals surface area (Å²) in [6.45, 7) is 1.28. The minimum atomic E-state index is -1.14. The van der Waals surface area contributed by atoms with Crippen molar-refractivity contribution < 1.29 is 29.8 Å². The average Bonchev–Trinajstić information content (AvgIpc) is 2.61. The summed E-state index contributed by atoms with van der Waals surface area (Å²) in [5, 5.41) is 42.0. The van der Waals surface area contributed by atoms with E-state index in [0.717, 1.165) is 0 Å². The number of phenolic OH excluding ortho intramolecular Hbond substituents is 2. The average molecular weight is 362 g/mol. The molecule has 2 aromatic carbocycles. The molecule has 2 rings (SSSR count). The Kier molecular flexibility index (Phi) is 5.97. The number of rotatable bonds is 6. The van der Waals surface area contributed by atoms with Crippen LogP contribution in [-0.4, -0.2) is 32.9 Å². The van der Waals surface area contributed by atoms with E-state index in [1.165, 1.54) is 43.3 Å². The number of para-hydroxylation sites is 1. The number of aromatic hydroxyl groups is 2. The van der Waals surface area contributed by atoms with E-state index in [1.54, 1.807) is 6.07 Å². The maximum Gasteiger partial charge on any atom is 0.407 e. The first-order valence-electron chi connectivity index (χ1n) is 7.67. The third-order valence-corrected chi connectivity index (χ3v) is 3.68. The molecule has 0 aromatic heterocycles. The highest BCUT2D eigenvalue weighted by molar-refractivity contribution is 5.67. The molecule has 9 nitrogen and oxygen atoms in total. The minimum Gasteiger partial charge on any atom is -0.504 e. The van der Waals surface area contributed by atoms with E-state index in [9.17, 15) is 30.2 Å². The SMILES string of the molecule is C[C@@H](OC(=O)NC[C@H](O)c1ccc(O)c(O)c1)c1ccccc1[N+](=O)[O-]. The Balaban J connectivity index is 1.94. The largest absolute Gasteiger partial charge is 0.504 e. The Hall–Kier alpha value is -3.33. The number of nitro groups is 1. The molecule has 2 aromatic rings. The number of carbonyl (C=O) groups excluding carboxylic acids is 1. The number of phenols is 2. The lowest BCUT2D eigenvalue weighted by atomic mass is 10.1. The summed E-state index contributed by atoms with van der Waals surface area (Å²) in [5.74, 6) is -0.722. The molecule has 0 bridgehead atoms. The van der Waals surface area contributed by atoms with Gasteiger partial charge in [0.05, 0.1) is 23.1 Å². The van der Waals surface area contributed by atoms with Crippen molar-refractivity contribution >= 4 is 11.8 Å². The van der Waals surface area contributed by atoms with Crippen LogP contribution in [0.3, 0.4) is 0 Å². The molecule has 0 saturated heterocycles. The van der Waals surface area contributed by atoms with Crippen LogP contribution in [0.2, 0.25) is 0 Å². The van der Waals surface area contributed by atoms with Crippen LogP contribution in [0.15, 0.2) is 42.5 Å². The molecule has 0 fully saturated rings. The van der Waals surface area contributed by atoms with Crippen molar-refractivity contribution in [3.05, 3.63) is 63.7 Å². The highest BCUT2D eigenvalue weighted by Crippen LogP contribution is 2.28. The van der Waals surface area contributed by atoms with Crippen molar-refractivity contribution in [2.24, 2.45) is 0 Å². The zero-order chi connectivity index (χ0) is 19.3. The summed E-state index contributed by atoms with van der Waals surface area (Å²) < 4.78 is 5.10. The highest BCUT2D eigenvalue weighted by Gasteiger charge is 2.21. The topological polar surface area (TPSA) is 142 Å². The highest BCUT2D eigenvalue weighted by atomic mass is 16.6. The van der Waals surface area contributed by atoms with Gasteiger partial charge in [0.1, 0.15) is 6.10 Å². The summed E-state index contributed by atoms with van der Waals surface area (Å²) >= 11 is 0. The fraction of sp³-hybridized carbons (Fsp3) is 0.235. The zero-order valence-electron chi connectivity index (χ0n) is 13.8. The first-order valence-corrected chi connectivity index (χ1v) is 7.67. The van der Waals surface area contributed by atoms with Crippen molar-refractivity contribution in [3.63, 3.8) is 0 Å². The van der Waals surface area contributed by atoms with Crippen LogP contribution in [0.4, 0.5) is 10.5 Å². The molecule has 1 amide bonds. The molecule has 2 atom stereocenters. The van der Waals surface area contributed by atoms with Crippen LogP contribution >= 0.6 is 0 Å². The van der Waals surface area contributed by atoms with Gasteiger partial charge in [-0.3, -0.25) is 10.1 Å². The number of benzene rings is 2. The number of nitrogens with one attached hydrogen (secondary N) is 1. The standard InChI is InChI=1S/C17H18N2O7/c1-10(12-4-2-3-5-13(12)19(24)25)26-17(23)18-9-16(22)11-6-7-14(20)15(21)8-11/h2-8,10,16,20-22H,9H2,1H3,(H,18,23)/t10-,16+/m1/s1. The van der Waals surface area contributed by atoms with Crippen LogP contribution in [0, 0.1) is 10.1 Å². The molecule has 0 unspecified atom stereocenters. The number of ether oxygens (including phenoxy) is 1. The summed E-state index contributed by atoms with van der Waals surface area (Å²) in [5.41, 5.74) is 0.372. The number of nitro benzene ring substituents is 1. The first kappa shape index (κ1) is 19.0. The van der Waals surface area contributed by atoms with Crippen LogP contribution in [0.1, 0.15) is 30.3 Å². The van der Waals surface area contributed by atoms with E-state index in [0.29, 0.717) is 0 Å². The quantitative estimate of drug-likeness (QED) is 0.351. The third kappa shape index (κ3) is 4.61. The van der Waals surface area contributed by atoms with Gasteiger partial charge in [-0.15, -0.1) is 0 Å². The molecule has 26 heavy (non-hydrogen) atoms. The zero-order valence-corrected chi connectivity index (χ0v) is 13.8. The molecule has 0 saturated carbocycles. The lowest BCUT2D eigenvalue weighted by Crippen LogP contribution is -2.29. The predicted molar refractivity (Wildman–Crippen MR) is 90.7 cm³/mol. The molecule has 138 valence electrons. The summed E-state index contributed by atoms with van der Waals surface area (Å²) in [6, 6.07) is 9.69. The van der Waals surface area contributed by atoms with Crippen molar-refractivity contribution in [3.8, 4) is 11.5 Å². The normalized spacial score (nSPS) is 12.8. The Bertz CT molecular complexity index is 809. The minimum absolute atomic E-state index is 0.160. The number of hydrogen-bond acceptors (Lipinski definition) is 7. The Morgan fingerprint density at radius 3 is 2.58 bits per heavy atom. The summed E-state index contributed by atoms with van der Waals surface area (Å²) in [6.07, 6.45) is -2.88. The molecule has 0 spiro atoms. The fourth-order valence-corrected chi connectivity index (χ4v) is 2.31. The van der Waals surface area contributed by atoms with Crippen LogP contribution in [0.25, 0.3) is 0 Å². The van der Waals surface area contributed by atoms with E-state index < -0.39 is 29.0 Å². The number of alkyl carbamates (subject to hydrolysis) is 1. The Morgan fingerprint density at radius 2 is 1.92 bits per heavy atom. The second-order valence-electron chi connectivity index (χ2n) is 5.51. The number of amides is 1. The van der Waals surface area contributed by atoms with Gasteiger partial charge in [-0.1, -0.05) is 18.2 Å². The van der Waals surface area contributed by atoms with Gasteiger partial charge in [-0.2, -0.15) is 0 Å². The monoisotopic (exact) mass is 362 g/mol. The van der Waals surface area contributed by atoms with Crippen molar-refractivity contribution in [1.29, 1.82) is 0 Å². The molecule has 9 heteroatoms. The van der Waals surface area contributed by atoms with Gasteiger partial charge in [0.15, 0.2) is 11.5 Å². The van der Waals surface area contributed by atoms with Gasteiger partial charge in [-0.05, 0) is 30.7 Å². The number of nitrogens with zero attached hydrogens (tertiary/aromatic N) is 1. The second-order valence-corrected chi connectivity index (χ2v) is 5.51. The molecule has 0 aliphatic carbocycles. The van der Waals surface area contributed by atoms with Gasteiger partial charge >= 0.3 is 6.09 Å². The summed E-state index contributed by atoms with van der Waals surface area (Å²) in [4.78, 5) is 22.3. The van der Waals surface area contributed by atoms with E-state index in [1.807, 2.05) is 0 Å². The number of carbonyl (C=O) groups is 1. The molecule has 0 aliphatic rings. The van der Waals surface area contributed by atoms with E-state index in [2.05, 4.69) is 5.32 Å². The van der Waals surface area contributed by atoms with Crippen LogP contribution < -0.4 is 5.32 Å². The molecule has 4 N–H and O–H groups in total. The lowest BCUT2D eigenvalue weighted by molar-refractivity contribution is -0.386. The number of hydrogen-bond donors (Lipinski definition) is 4. The number of aliphatic hydroxyl groups is 1. The Labute approximate surface area is 148 Å². The number of aliphatic hydroxyl groups excluding tert-OH is 1. The van der Waals surface area contributed by atoms with Crippen molar-refractivity contribution in [2.75, 3.05) is 6.54 Å². The molecular weight excluding hydrogens is 344 g/mol. The maximum atomic E-state index is 11.9. The van der Waals surface area contributed by atoms with Crippen molar-refractivity contribution in [1.82, 2.24) is 5.32 Å². The fourth-order valence-electron chi connectivity index (χ4n) is 2.31. The van der Waals surface area contributed by atoms with Gasteiger partial charge < -0.3 is 25.4 Å². The van der Waals surface area contributed by atoms with Gasteiger partial charge in [0.25, 0.3) is 5.69 Å².